The molecule has 0 radical (unpaired) electrons. The number of aliphatic imine (C=N–C) groups is 1. The summed E-state index contributed by atoms with van der Waals surface area (Å²) in [5, 5.41) is 17.4. The van der Waals surface area contributed by atoms with E-state index < -0.39 is 5.60 Å². The fourth-order valence-electron chi connectivity index (χ4n) is 4.09. The number of nitrogens with zero attached hydrogens (tertiary/aromatic N) is 2. The third kappa shape index (κ3) is 8.88. The Morgan fingerprint density at radius 2 is 1.64 bits per heavy atom. The average Bonchev–Trinajstić information content (AvgIpc) is 2.76. The predicted octanol–water partition coefficient (Wildman–Crippen LogP) is 3.88. The standard InChI is InChI=1S/C26H38N4O2.HI/c1-5-27-25(29-19-26(4,31)24-9-7-6-8-10-24)28-15-22-11-13-23(14-12-22)18-30-16-20(2)32-21(3)17-30;/h6-14,20-21,31H,5,15-19H2,1-4H3,(H2,27,28,29);1H. The van der Waals surface area contributed by atoms with E-state index in [1.807, 2.05) is 44.2 Å². The molecule has 0 aliphatic carbocycles. The Balaban J connectivity index is 0.00000385. The van der Waals surface area contributed by atoms with Gasteiger partial charge in [-0.1, -0.05) is 54.6 Å². The number of benzene rings is 2. The molecule has 0 bridgehead atoms. The Kier molecular flexibility index (Phi) is 11.1. The minimum Gasteiger partial charge on any atom is -0.384 e. The molecule has 33 heavy (non-hydrogen) atoms. The van der Waals surface area contributed by atoms with Crippen molar-refractivity contribution in [1.29, 1.82) is 0 Å². The van der Waals surface area contributed by atoms with Crippen LogP contribution in [-0.2, 0) is 23.4 Å². The first-order valence-corrected chi connectivity index (χ1v) is 11.6. The van der Waals surface area contributed by atoms with Gasteiger partial charge >= 0.3 is 0 Å². The van der Waals surface area contributed by atoms with Gasteiger partial charge in [-0.3, -0.25) is 4.90 Å². The zero-order valence-electron chi connectivity index (χ0n) is 20.3. The first-order chi connectivity index (χ1) is 15.4. The highest BCUT2D eigenvalue weighted by Crippen LogP contribution is 2.19. The highest BCUT2D eigenvalue weighted by atomic mass is 127. The largest absolute Gasteiger partial charge is 0.384 e. The second kappa shape index (κ2) is 13.3. The molecule has 1 fully saturated rings. The van der Waals surface area contributed by atoms with Gasteiger partial charge in [0.1, 0.15) is 5.60 Å². The van der Waals surface area contributed by atoms with Crippen molar-refractivity contribution in [3.05, 3.63) is 71.3 Å². The van der Waals surface area contributed by atoms with Crippen LogP contribution >= 0.6 is 24.0 Å². The monoisotopic (exact) mass is 566 g/mol. The predicted molar refractivity (Wildman–Crippen MR) is 146 cm³/mol. The molecule has 2 aromatic carbocycles. The van der Waals surface area contributed by atoms with E-state index in [9.17, 15) is 5.11 Å². The van der Waals surface area contributed by atoms with E-state index in [1.54, 1.807) is 0 Å². The first kappa shape index (κ1) is 27.6. The normalized spacial score (nSPS) is 21.1. The molecule has 3 N–H and O–H groups in total. The van der Waals surface area contributed by atoms with E-state index in [1.165, 1.54) is 5.56 Å². The van der Waals surface area contributed by atoms with Crippen LogP contribution in [0.5, 0.6) is 0 Å². The molecule has 1 heterocycles. The molecular formula is C26H39IN4O2. The zero-order chi connectivity index (χ0) is 23.0. The van der Waals surface area contributed by atoms with E-state index in [-0.39, 0.29) is 36.2 Å². The molecule has 0 spiro atoms. The van der Waals surface area contributed by atoms with Gasteiger partial charge in [0.15, 0.2) is 5.96 Å². The average molecular weight is 567 g/mol. The van der Waals surface area contributed by atoms with Gasteiger partial charge in [-0.15, -0.1) is 24.0 Å². The minimum atomic E-state index is -0.979. The highest BCUT2D eigenvalue weighted by molar-refractivity contribution is 14.0. The SMILES string of the molecule is CCNC(=NCc1ccc(CN2CC(C)OC(C)C2)cc1)NCC(C)(O)c1ccccc1.I. The molecule has 0 aromatic heterocycles. The molecule has 6 nitrogen and oxygen atoms in total. The van der Waals surface area contributed by atoms with Gasteiger partial charge in [0.2, 0.25) is 0 Å². The second-order valence-corrected chi connectivity index (χ2v) is 8.96. The van der Waals surface area contributed by atoms with E-state index >= 15 is 0 Å². The molecule has 3 atom stereocenters. The van der Waals surface area contributed by atoms with Gasteiger partial charge < -0.3 is 20.5 Å². The van der Waals surface area contributed by atoms with Crippen LogP contribution in [0.15, 0.2) is 59.6 Å². The van der Waals surface area contributed by atoms with Crippen LogP contribution < -0.4 is 10.6 Å². The maximum atomic E-state index is 10.8. The number of aliphatic hydroxyl groups is 1. The summed E-state index contributed by atoms with van der Waals surface area (Å²) in [5.41, 5.74) is 2.36. The fourth-order valence-corrected chi connectivity index (χ4v) is 4.09. The van der Waals surface area contributed by atoms with Crippen molar-refractivity contribution in [1.82, 2.24) is 15.5 Å². The van der Waals surface area contributed by atoms with Crippen LogP contribution in [0.25, 0.3) is 0 Å². The van der Waals surface area contributed by atoms with Gasteiger partial charge in [0.25, 0.3) is 0 Å². The third-order valence-corrected chi connectivity index (χ3v) is 5.68. The van der Waals surface area contributed by atoms with E-state index in [0.717, 1.165) is 37.3 Å². The molecule has 1 saturated heterocycles. The lowest BCUT2D eigenvalue weighted by atomic mass is 9.96. The van der Waals surface area contributed by atoms with E-state index in [2.05, 4.69) is 53.6 Å². The highest BCUT2D eigenvalue weighted by Gasteiger charge is 2.23. The number of hydrogen-bond donors (Lipinski definition) is 3. The number of ether oxygens (including phenoxy) is 1. The van der Waals surface area contributed by atoms with Gasteiger partial charge in [-0.25, -0.2) is 4.99 Å². The summed E-state index contributed by atoms with van der Waals surface area (Å²) in [7, 11) is 0. The molecule has 2 aromatic rings. The summed E-state index contributed by atoms with van der Waals surface area (Å²) < 4.78 is 5.83. The Hall–Kier alpha value is -1.68. The Morgan fingerprint density at radius 1 is 1.03 bits per heavy atom. The van der Waals surface area contributed by atoms with Crippen LogP contribution in [-0.4, -0.2) is 54.4 Å². The molecular weight excluding hydrogens is 527 g/mol. The molecule has 0 saturated carbocycles. The molecule has 3 unspecified atom stereocenters. The first-order valence-electron chi connectivity index (χ1n) is 11.6. The topological polar surface area (TPSA) is 69.1 Å². The Bertz CT molecular complexity index is 848. The summed E-state index contributed by atoms with van der Waals surface area (Å²) in [6.45, 7) is 12.7. The van der Waals surface area contributed by atoms with Crippen molar-refractivity contribution in [2.45, 2.75) is 58.6 Å². The van der Waals surface area contributed by atoms with Crippen molar-refractivity contribution in [2.75, 3.05) is 26.2 Å². The van der Waals surface area contributed by atoms with Crippen molar-refractivity contribution in [3.8, 4) is 0 Å². The van der Waals surface area contributed by atoms with Gasteiger partial charge in [0.05, 0.1) is 25.3 Å². The summed E-state index contributed by atoms with van der Waals surface area (Å²) in [6.07, 6.45) is 0.569. The van der Waals surface area contributed by atoms with Gasteiger partial charge in [-0.05, 0) is 44.4 Å². The van der Waals surface area contributed by atoms with Crippen LogP contribution in [0.1, 0.15) is 44.4 Å². The maximum Gasteiger partial charge on any atom is 0.191 e. The van der Waals surface area contributed by atoms with Gasteiger partial charge in [0, 0.05) is 26.2 Å². The molecule has 1 aliphatic rings. The molecule has 0 amide bonds. The van der Waals surface area contributed by atoms with Crippen LogP contribution in [0, 0.1) is 0 Å². The maximum absolute atomic E-state index is 10.8. The van der Waals surface area contributed by atoms with Crippen molar-refractivity contribution in [3.63, 3.8) is 0 Å². The summed E-state index contributed by atoms with van der Waals surface area (Å²) in [6, 6.07) is 18.4. The van der Waals surface area contributed by atoms with Crippen molar-refractivity contribution >= 4 is 29.9 Å². The number of halogens is 1. The lowest BCUT2D eigenvalue weighted by molar-refractivity contribution is -0.0704. The summed E-state index contributed by atoms with van der Waals surface area (Å²) in [4.78, 5) is 7.16. The molecule has 3 rings (SSSR count). The smallest absolute Gasteiger partial charge is 0.191 e. The molecule has 1 aliphatic heterocycles. The molecule has 182 valence electrons. The lowest BCUT2D eigenvalue weighted by Crippen LogP contribution is -2.44. The Morgan fingerprint density at radius 3 is 2.24 bits per heavy atom. The zero-order valence-corrected chi connectivity index (χ0v) is 22.6. The van der Waals surface area contributed by atoms with Crippen molar-refractivity contribution in [2.24, 2.45) is 4.99 Å². The summed E-state index contributed by atoms with van der Waals surface area (Å²) >= 11 is 0. The number of nitrogens with one attached hydrogen (secondary N) is 2. The lowest BCUT2D eigenvalue weighted by Gasteiger charge is -2.35. The summed E-state index contributed by atoms with van der Waals surface area (Å²) in [5.74, 6) is 0.698. The number of guanidine groups is 1. The number of morpholine rings is 1. The van der Waals surface area contributed by atoms with Crippen LogP contribution in [0.3, 0.4) is 0 Å². The minimum absolute atomic E-state index is 0. The molecule has 7 heteroatoms. The van der Waals surface area contributed by atoms with Crippen molar-refractivity contribution < 1.29 is 9.84 Å². The number of hydrogen-bond acceptors (Lipinski definition) is 4. The third-order valence-electron chi connectivity index (χ3n) is 5.68. The van der Waals surface area contributed by atoms with E-state index in [4.69, 9.17) is 9.73 Å². The van der Waals surface area contributed by atoms with E-state index in [0.29, 0.717) is 19.0 Å². The van der Waals surface area contributed by atoms with Gasteiger partial charge in [-0.2, -0.15) is 0 Å². The second-order valence-electron chi connectivity index (χ2n) is 8.96. The number of rotatable bonds is 8. The quantitative estimate of drug-likeness (QED) is 0.257. The van der Waals surface area contributed by atoms with Crippen LogP contribution in [0.2, 0.25) is 0 Å². The Labute approximate surface area is 215 Å². The van der Waals surface area contributed by atoms with Crippen LogP contribution in [0.4, 0.5) is 0 Å². The fraction of sp³-hybridized carbons (Fsp3) is 0.500.